The van der Waals surface area contributed by atoms with Crippen LogP contribution in [0.25, 0.3) is 0 Å². The molecule has 0 unspecified atom stereocenters. The van der Waals surface area contributed by atoms with E-state index in [0.717, 1.165) is 15.9 Å². The number of rotatable bonds is 10. The number of aryl methyl sites for hydroxylation is 1. The van der Waals surface area contributed by atoms with E-state index in [4.69, 9.17) is 11.6 Å². The maximum atomic E-state index is 14.9. The molecule has 7 nitrogen and oxygen atoms in total. The van der Waals surface area contributed by atoms with E-state index in [1.807, 2.05) is 6.92 Å². The van der Waals surface area contributed by atoms with Crippen molar-refractivity contribution in [2.24, 2.45) is 0 Å². The van der Waals surface area contributed by atoms with Crippen molar-refractivity contribution in [3.05, 3.63) is 94.8 Å². The summed E-state index contributed by atoms with van der Waals surface area (Å²) in [5.74, 6) is -1.92. The van der Waals surface area contributed by atoms with Crippen LogP contribution in [0.2, 0.25) is 5.02 Å². The van der Waals surface area contributed by atoms with E-state index in [0.29, 0.717) is 10.6 Å². The van der Waals surface area contributed by atoms with E-state index in [1.54, 1.807) is 57.2 Å². The van der Waals surface area contributed by atoms with Gasteiger partial charge in [0.05, 0.1) is 10.6 Å². The number of halogens is 2. The second kappa shape index (κ2) is 12.4. The number of benzene rings is 3. The summed E-state index contributed by atoms with van der Waals surface area (Å²) in [4.78, 5) is 27.8. The van der Waals surface area contributed by atoms with Crippen LogP contribution in [0.15, 0.2) is 77.7 Å². The Kier molecular flexibility index (Phi) is 9.51. The average molecular weight is 560 g/mol. The third-order valence-electron chi connectivity index (χ3n) is 5.91. The quantitative estimate of drug-likeness (QED) is 0.382. The monoisotopic (exact) mass is 559 g/mol. The van der Waals surface area contributed by atoms with Crippen molar-refractivity contribution in [3.63, 3.8) is 0 Å². The summed E-state index contributed by atoms with van der Waals surface area (Å²) in [5.41, 5.74) is 1.14. The minimum atomic E-state index is -4.35. The first kappa shape index (κ1) is 29.1. The first-order chi connectivity index (χ1) is 17.9. The molecular formula is C28H31ClFN3O4S. The van der Waals surface area contributed by atoms with E-state index >= 15 is 0 Å². The van der Waals surface area contributed by atoms with Crippen molar-refractivity contribution in [2.45, 2.75) is 51.2 Å². The number of sulfonamides is 1. The zero-order valence-corrected chi connectivity index (χ0v) is 23.3. The van der Waals surface area contributed by atoms with Crippen LogP contribution in [-0.2, 0) is 26.2 Å². The highest BCUT2D eigenvalue weighted by molar-refractivity contribution is 7.92. The molecule has 2 amide bonds. The van der Waals surface area contributed by atoms with Crippen LogP contribution in [0.4, 0.5) is 10.1 Å². The first-order valence-corrected chi connectivity index (χ1v) is 13.9. The molecule has 0 saturated heterocycles. The van der Waals surface area contributed by atoms with E-state index in [9.17, 15) is 22.4 Å². The molecule has 0 aliphatic carbocycles. The van der Waals surface area contributed by atoms with Gasteiger partial charge in [0.1, 0.15) is 18.4 Å². The lowest BCUT2D eigenvalue weighted by Gasteiger charge is -2.32. The van der Waals surface area contributed by atoms with Gasteiger partial charge in [0.2, 0.25) is 11.8 Å². The van der Waals surface area contributed by atoms with Gasteiger partial charge in [-0.3, -0.25) is 13.9 Å². The second-order valence-corrected chi connectivity index (χ2v) is 11.5. The minimum absolute atomic E-state index is 0.0547. The number of hydrogen-bond donors (Lipinski definition) is 1. The molecule has 0 aliphatic heterocycles. The van der Waals surface area contributed by atoms with Gasteiger partial charge >= 0.3 is 0 Å². The Morgan fingerprint density at radius 3 is 2.16 bits per heavy atom. The standard InChI is InChI=1S/C28H31ClFN3O4S/c1-19(2)31-28(35)21(4)32(17-22-9-5-6-10-24(22)29)27(34)18-33(26-12-8-7-11-25(26)30)38(36,37)23-15-13-20(3)14-16-23/h5-16,19,21H,17-18H2,1-4H3,(H,31,35)/t21-/m1/s1. The maximum absolute atomic E-state index is 14.9. The van der Waals surface area contributed by atoms with Crippen LogP contribution >= 0.6 is 11.6 Å². The number of hydrogen-bond acceptors (Lipinski definition) is 4. The number of anilines is 1. The molecule has 3 rings (SSSR count). The fraction of sp³-hybridized carbons (Fsp3) is 0.286. The Hall–Kier alpha value is -3.43. The Labute approximate surface area is 228 Å². The fourth-order valence-corrected chi connectivity index (χ4v) is 5.42. The number of amides is 2. The van der Waals surface area contributed by atoms with Crippen molar-refractivity contribution < 1.29 is 22.4 Å². The van der Waals surface area contributed by atoms with Crippen LogP contribution in [0.5, 0.6) is 0 Å². The molecule has 0 spiro atoms. The molecule has 10 heteroatoms. The number of para-hydroxylation sites is 1. The SMILES string of the molecule is Cc1ccc(S(=O)(=O)N(CC(=O)N(Cc2ccccc2Cl)[C@H](C)C(=O)NC(C)C)c2ccccc2F)cc1. The van der Waals surface area contributed by atoms with Crippen LogP contribution in [0.1, 0.15) is 31.9 Å². The predicted molar refractivity (Wildman–Crippen MR) is 147 cm³/mol. The van der Waals surface area contributed by atoms with Crippen LogP contribution < -0.4 is 9.62 Å². The summed E-state index contributed by atoms with van der Waals surface area (Å²) >= 11 is 6.33. The van der Waals surface area contributed by atoms with Gasteiger partial charge in [-0.15, -0.1) is 0 Å². The Morgan fingerprint density at radius 2 is 1.55 bits per heavy atom. The van der Waals surface area contributed by atoms with Crippen molar-refractivity contribution in [1.82, 2.24) is 10.2 Å². The summed E-state index contributed by atoms with van der Waals surface area (Å²) in [5, 5.41) is 3.16. The highest BCUT2D eigenvalue weighted by Crippen LogP contribution is 2.27. The van der Waals surface area contributed by atoms with Gasteiger partial charge in [0, 0.05) is 17.6 Å². The zero-order valence-electron chi connectivity index (χ0n) is 21.7. The summed E-state index contributed by atoms with van der Waals surface area (Å²) in [6.07, 6.45) is 0. The van der Waals surface area contributed by atoms with Crippen LogP contribution in [-0.4, -0.2) is 43.8 Å². The molecule has 0 aromatic heterocycles. The lowest BCUT2D eigenvalue weighted by atomic mass is 10.1. The lowest BCUT2D eigenvalue weighted by Crippen LogP contribution is -2.52. The summed E-state index contributed by atoms with van der Waals surface area (Å²) in [6, 6.07) is 17.1. The molecule has 0 radical (unpaired) electrons. The van der Waals surface area contributed by atoms with Crippen LogP contribution in [0.3, 0.4) is 0 Å². The van der Waals surface area contributed by atoms with Gasteiger partial charge in [-0.1, -0.05) is 59.6 Å². The van der Waals surface area contributed by atoms with Gasteiger partial charge in [-0.05, 0) is 63.6 Å². The molecule has 1 N–H and O–H groups in total. The van der Waals surface area contributed by atoms with Crippen molar-refractivity contribution in [3.8, 4) is 0 Å². The number of carbonyl (C=O) groups excluding carboxylic acids is 2. The highest BCUT2D eigenvalue weighted by atomic mass is 35.5. The Morgan fingerprint density at radius 1 is 0.947 bits per heavy atom. The molecule has 0 heterocycles. The minimum Gasteiger partial charge on any atom is -0.352 e. The van der Waals surface area contributed by atoms with E-state index in [1.165, 1.54) is 35.2 Å². The molecule has 1 atom stereocenters. The van der Waals surface area contributed by atoms with Crippen molar-refractivity contribution in [2.75, 3.05) is 10.8 Å². The largest absolute Gasteiger partial charge is 0.352 e. The Bertz CT molecular complexity index is 1400. The lowest BCUT2D eigenvalue weighted by molar-refractivity contribution is -0.139. The normalized spacial score (nSPS) is 12.2. The van der Waals surface area contributed by atoms with Crippen LogP contribution in [0, 0.1) is 12.7 Å². The number of carbonyl (C=O) groups is 2. The summed E-state index contributed by atoms with van der Waals surface area (Å²) in [7, 11) is -4.35. The third kappa shape index (κ3) is 6.90. The molecule has 3 aromatic rings. The topological polar surface area (TPSA) is 86.8 Å². The van der Waals surface area contributed by atoms with Crippen molar-refractivity contribution >= 4 is 39.1 Å². The Balaban J connectivity index is 2.06. The number of nitrogens with one attached hydrogen (secondary N) is 1. The molecule has 202 valence electrons. The molecular weight excluding hydrogens is 529 g/mol. The third-order valence-corrected chi connectivity index (χ3v) is 8.05. The summed E-state index contributed by atoms with van der Waals surface area (Å²) < 4.78 is 43.1. The van der Waals surface area contributed by atoms with E-state index in [-0.39, 0.29) is 23.2 Å². The van der Waals surface area contributed by atoms with Gasteiger partial charge in [-0.25, -0.2) is 12.8 Å². The van der Waals surface area contributed by atoms with Gasteiger partial charge in [0.15, 0.2) is 0 Å². The molecule has 0 fully saturated rings. The molecule has 38 heavy (non-hydrogen) atoms. The molecule has 0 aliphatic rings. The average Bonchev–Trinajstić information content (AvgIpc) is 2.86. The first-order valence-electron chi connectivity index (χ1n) is 12.1. The smallest absolute Gasteiger partial charge is 0.264 e. The van der Waals surface area contributed by atoms with E-state index < -0.39 is 40.2 Å². The maximum Gasteiger partial charge on any atom is 0.264 e. The van der Waals surface area contributed by atoms with Gasteiger partial charge in [-0.2, -0.15) is 0 Å². The fourth-order valence-electron chi connectivity index (χ4n) is 3.80. The molecule has 0 saturated carbocycles. The molecule has 3 aromatic carbocycles. The highest BCUT2D eigenvalue weighted by Gasteiger charge is 2.33. The van der Waals surface area contributed by atoms with Gasteiger partial charge in [0.25, 0.3) is 10.0 Å². The molecule has 0 bridgehead atoms. The van der Waals surface area contributed by atoms with Crippen molar-refractivity contribution in [1.29, 1.82) is 0 Å². The number of nitrogens with zero attached hydrogens (tertiary/aromatic N) is 2. The zero-order chi connectivity index (χ0) is 28.0. The van der Waals surface area contributed by atoms with E-state index in [2.05, 4.69) is 5.32 Å². The predicted octanol–water partition coefficient (Wildman–Crippen LogP) is 4.92. The summed E-state index contributed by atoms with van der Waals surface area (Å²) in [6.45, 7) is 6.15. The second-order valence-electron chi connectivity index (χ2n) is 9.23. The van der Waals surface area contributed by atoms with Gasteiger partial charge < -0.3 is 10.2 Å².